The summed E-state index contributed by atoms with van der Waals surface area (Å²) in [5, 5.41) is 7.56. The molecule has 1 aromatic heterocycles. The van der Waals surface area contributed by atoms with E-state index in [1.807, 2.05) is 48.4 Å². The third kappa shape index (κ3) is 3.07. The molecule has 1 aliphatic heterocycles. The Morgan fingerprint density at radius 1 is 1.39 bits per heavy atom. The Labute approximate surface area is 136 Å². The van der Waals surface area contributed by atoms with Crippen LogP contribution in [0.5, 0.6) is 5.75 Å². The molecular formula is C17H22N4O2. The molecule has 1 saturated heterocycles. The number of hydrogen-bond acceptors (Lipinski definition) is 4. The summed E-state index contributed by atoms with van der Waals surface area (Å²) in [4.78, 5) is 14.9. The van der Waals surface area contributed by atoms with Gasteiger partial charge in [0.1, 0.15) is 11.8 Å². The van der Waals surface area contributed by atoms with Crippen molar-refractivity contribution < 1.29 is 9.53 Å². The van der Waals surface area contributed by atoms with Crippen molar-refractivity contribution in [2.75, 3.05) is 26.7 Å². The Bertz CT molecular complexity index is 656. The summed E-state index contributed by atoms with van der Waals surface area (Å²) in [6.45, 7) is 4.07. The summed E-state index contributed by atoms with van der Waals surface area (Å²) in [7, 11) is 1.66. The van der Waals surface area contributed by atoms with Gasteiger partial charge in [0, 0.05) is 37.6 Å². The number of amides is 1. The first-order chi connectivity index (χ1) is 11.2. The second kappa shape index (κ2) is 6.83. The van der Waals surface area contributed by atoms with Crippen molar-refractivity contribution >= 4 is 5.91 Å². The van der Waals surface area contributed by atoms with Gasteiger partial charge in [-0.1, -0.05) is 18.2 Å². The monoisotopic (exact) mass is 314 g/mol. The van der Waals surface area contributed by atoms with E-state index in [-0.39, 0.29) is 18.0 Å². The van der Waals surface area contributed by atoms with Crippen LogP contribution in [0.25, 0.3) is 0 Å². The lowest BCUT2D eigenvalue weighted by molar-refractivity contribution is -0.138. The fourth-order valence-corrected chi connectivity index (χ4v) is 3.05. The minimum atomic E-state index is -0.319. The van der Waals surface area contributed by atoms with Crippen molar-refractivity contribution in [3.05, 3.63) is 48.3 Å². The minimum absolute atomic E-state index is 0.0367. The van der Waals surface area contributed by atoms with Crippen LogP contribution < -0.4 is 10.1 Å². The van der Waals surface area contributed by atoms with E-state index in [0.717, 1.165) is 24.4 Å². The van der Waals surface area contributed by atoms with Gasteiger partial charge in [0.2, 0.25) is 5.91 Å². The maximum atomic E-state index is 13.0. The normalized spacial score (nSPS) is 19.4. The van der Waals surface area contributed by atoms with Crippen LogP contribution in [-0.4, -0.2) is 47.3 Å². The third-order valence-corrected chi connectivity index (χ3v) is 4.30. The van der Waals surface area contributed by atoms with Gasteiger partial charge in [-0.2, -0.15) is 5.10 Å². The molecule has 0 saturated carbocycles. The first-order valence-corrected chi connectivity index (χ1v) is 7.85. The zero-order valence-electron chi connectivity index (χ0n) is 13.5. The smallest absolute Gasteiger partial charge is 0.247 e. The number of nitrogens with one attached hydrogen (secondary N) is 1. The van der Waals surface area contributed by atoms with Gasteiger partial charge < -0.3 is 15.0 Å². The van der Waals surface area contributed by atoms with Crippen molar-refractivity contribution in [2.45, 2.75) is 19.0 Å². The molecule has 1 fully saturated rings. The number of methoxy groups -OCH3 is 1. The van der Waals surface area contributed by atoms with Gasteiger partial charge in [0.15, 0.2) is 0 Å². The Hall–Kier alpha value is -2.34. The molecule has 122 valence electrons. The Balaban J connectivity index is 1.88. The van der Waals surface area contributed by atoms with Gasteiger partial charge in [-0.05, 0) is 19.1 Å². The molecule has 23 heavy (non-hydrogen) atoms. The minimum Gasteiger partial charge on any atom is -0.496 e. The van der Waals surface area contributed by atoms with Crippen LogP contribution in [0.4, 0.5) is 0 Å². The van der Waals surface area contributed by atoms with Crippen molar-refractivity contribution in [1.82, 2.24) is 20.0 Å². The number of ether oxygens (including phenoxy) is 1. The summed E-state index contributed by atoms with van der Waals surface area (Å²) >= 11 is 0. The Morgan fingerprint density at radius 2 is 2.22 bits per heavy atom. The summed E-state index contributed by atoms with van der Waals surface area (Å²) in [5.74, 6) is 0.886. The highest BCUT2D eigenvalue weighted by Crippen LogP contribution is 2.31. The molecule has 0 spiro atoms. The van der Waals surface area contributed by atoms with E-state index >= 15 is 0 Å². The molecule has 2 atom stereocenters. The molecule has 0 aliphatic carbocycles. The molecule has 6 nitrogen and oxygen atoms in total. The van der Waals surface area contributed by atoms with E-state index in [1.165, 1.54) is 0 Å². The van der Waals surface area contributed by atoms with Crippen LogP contribution in [0.3, 0.4) is 0 Å². The molecule has 2 unspecified atom stereocenters. The van der Waals surface area contributed by atoms with Crippen molar-refractivity contribution in [3.63, 3.8) is 0 Å². The van der Waals surface area contributed by atoms with E-state index in [2.05, 4.69) is 10.4 Å². The van der Waals surface area contributed by atoms with E-state index in [0.29, 0.717) is 6.54 Å². The van der Waals surface area contributed by atoms with Gasteiger partial charge >= 0.3 is 0 Å². The first kappa shape index (κ1) is 15.6. The van der Waals surface area contributed by atoms with Gasteiger partial charge in [-0.15, -0.1) is 0 Å². The zero-order chi connectivity index (χ0) is 16.2. The number of carbonyl (C=O) groups is 1. The fourth-order valence-electron chi connectivity index (χ4n) is 3.05. The van der Waals surface area contributed by atoms with Crippen LogP contribution in [0.2, 0.25) is 0 Å². The quantitative estimate of drug-likeness (QED) is 0.932. The lowest BCUT2D eigenvalue weighted by Gasteiger charge is -2.38. The molecule has 0 bridgehead atoms. The van der Waals surface area contributed by atoms with Crippen LogP contribution in [0, 0.1) is 0 Å². The maximum Gasteiger partial charge on any atom is 0.247 e. The Kier molecular flexibility index (Phi) is 4.62. The number of para-hydroxylation sites is 1. The third-order valence-electron chi connectivity index (χ3n) is 4.30. The predicted octanol–water partition coefficient (Wildman–Crippen LogP) is 1.63. The van der Waals surface area contributed by atoms with Gasteiger partial charge in [-0.25, -0.2) is 0 Å². The number of piperazine rings is 1. The second-order valence-electron chi connectivity index (χ2n) is 5.66. The average Bonchev–Trinajstić information content (AvgIpc) is 3.15. The lowest BCUT2D eigenvalue weighted by atomic mass is 10.0. The van der Waals surface area contributed by atoms with E-state index < -0.39 is 0 Å². The molecule has 1 aliphatic rings. The van der Waals surface area contributed by atoms with E-state index in [9.17, 15) is 4.79 Å². The molecule has 6 heteroatoms. The number of nitrogens with zero attached hydrogens (tertiary/aromatic N) is 3. The number of aromatic nitrogens is 2. The average molecular weight is 314 g/mol. The number of hydrogen-bond donors (Lipinski definition) is 1. The van der Waals surface area contributed by atoms with Crippen LogP contribution >= 0.6 is 0 Å². The zero-order valence-corrected chi connectivity index (χ0v) is 13.5. The standard InChI is InChI=1S/C17H22N4O2/c1-13(21-10-5-8-19-21)17(22)20-11-9-18-12-15(20)14-6-3-4-7-16(14)23-2/h3-8,10,13,15,18H,9,11-12H2,1-2H3. The second-order valence-corrected chi connectivity index (χ2v) is 5.66. The highest BCUT2D eigenvalue weighted by Gasteiger charge is 2.32. The molecule has 3 rings (SSSR count). The summed E-state index contributed by atoms with van der Waals surface area (Å²) in [6.07, 6.45) is 3.52. The Morgan fingerprint density at radius 3 is 2.96 bits per heavy atom. The lowest BCUT2D eigenvalue weighted by Crippen LogP contribution is -2.50. The van der Waals surface area contributed by atoms with Crippen LogP contribution in [0.1, 0.15) is 24.6 Å². The fraction of sp³-hybridized carbons (Fsp3) is 0.412. The van der Waals surface area contributed by atoms with Gasteiger partial charge in [-0.3, -0.25) is 9.48 Å². The largest absolute Gasteiger partial charge is 0.496 e. The van der Waals surface area contributed by atoms with Crippen molar-refractivity contribution in [1.29, 1.82) is 0 Å². The summed E-state index contributed by atoms with van der Waals surface area (Å²) in [6, 6.07) is 9.35. The van der Waals surface area contributed by atoms with Crippen molar-refractivity contribution in [2.24, 2.45) is 0 Å². The molecule has 0 radical (unpaired) electrons. The molecule has 2 heterocycles. The van der Waals surface area contributed by atoms with Crippen LogP contribution in [-0.2, 0) is 4.79 Å². The SMILES string of the molecule is COc1ccccc1C1CNCCN1C(=O)C(C)n1cccn1. The topological polar surface area (TPSA) is 59.4 Å². The highest BCUT2D eigenvalue weighted by atomic mass is 16.5. The number of benzene rings is 1. The molecular weight excluding hydrogens is 292 g/mol. The number of carbonyl (C=O) groups excluding carboxylic acids is 1. The number of rotatable bonds is 4. The predicted molar refractivity (Wildman–Crippen MR) is 87.3 cm³/mol. The van der Waals surface area contributed by atoms with E-state index in [4.69, 9.17) is 4.74 Å². The molecule has 1 aromatic carbocycles. The molecule has 2 aromatic rings. The highest BCUT2D eigenvalue weighted by molar-refractivity contribution is 5.80. The van der Waals surface area contributed by atoms with Crippen LogP contribution in [0.15, 0.2) is 42.7 Å². The summed E-state index contributed by atoms with van der Waals surface area (Å²) < 4.78 is 7.17. The molecule has 1 amide bonds. The van der Waals surface area contributed by atoms with Crippen molar-refractivity contribution in [3.8, 4) is 5.75 Å². The summed E-state index contributed by atoms with van der Waals surface area (Å²) in [5.41, 5.74) is 1.03. The maximum absolute atomic E-state index is 13.0. The van der Waals surface area contributed by atoms with Gasteiger partial charge in [0.25, 0.3) is 0 Å². The van der Waals surface area contributed by atoms with Gasteiger partial charge in [0.05, 0.1) is 13.2 Å². The molecule has 1 N–H and O–H groups in total. The first-order valence-electron chi connectivity index (χ1n) is 7.85. The van der Waals surface area contributed by atoms with E-state index in [1.54, 1.807) is 18.0 Å².